The van der Waals surface area contributed by atoms with Crippen LogP contribution in [0.1, 0.15) is 11.7 Å². The van der Waals surface area contributed by atoms with Crippen molar-refractivity contribution in [3.63, 3.8) is 0 Å². The number of aliphatic carboxylic acids is 1. The van der Waals surface area contributed by atoms with E-state index in [4.69, 9.17) is 10.2 Å². The number of benzene rings is 1. The molecular weight excluding hydrogens is 245 g/mol. The molecule has 0 aliphatic carbocycles. The number of carboxylic acid groups (broad SMARTS) is 1. The summed E-state index contributed by atoms with van der Waals surface area (Å²) in [5.41, 5.74) is -0.930. The highest BCUT2D eigenvalue weighted by atomic mass is 32.2. The third kappa shape index (κ3) is 2.14. The molecule has 3 nitrogen and oxygen atoms in total. The van der Waals surface area contributed by atoms with Crippen LogP contribution < -0.4 is 0 Å². The molecule has 2 N–H and O–H groups in total. The highest BCUT2D eigenvalue weighted by Crippen LogP contribution is 2.29. The summed E-state index contributed by atoms with van der Waals surface area (Å²) in [6, 6.07) is 0.475. The van der Waals surface area contributed by atoms with Gasteiger partial charge < -0.3 is 10.2 Å². The molecule has 1 aromatic carbocycles. The lowest BCUT2D eigenvalue weighted by Gasteiger charge is -2.10. The van der Waals surface area contributed by atoms with Crippen LogP contribution in [0.5, 0.6) is 0 Å². The Labute approximate surface area is 92.9 Å². The number of aliphatic hydroxyl groups is 1. The van der Waals surface area contributed by atoms with E-state index >= 15 is 0 Å². The van der Waals surface area contributed by atoms with Gasteiger partial charge in [-0.05, 0) is 12.3 Å². The van der Waals surface area contributed by atoms with Crippen LogP contribution >= 0.6 is 11.8 Å². The quantitative estimate of drug-likeness (QED) is 0.637. The average molecular weight is 252 g/mol. The smallest absolute Gasteiger partial charge is 0.337 e. The Kier molecular flexibility index (Phi) is 3.82. The summed E-state index contributed by atoms with van der Waals surface area (Å²) in [6.45, 7) is 0. The number of carboxylic acids is 1. The number of hydrogen-bond acceptors (Lipinski definition) is 3. The summed E-state index contributed by atoms with van der Waals surface area (Å²) in [6.07, 6.45) is -0.950. The van der Waals surface area contributed by atoms with E-state index in [9.17, 15) is 18.0 Å². The normalized spacial score (nSPS) is 12.6. The monoisotopic (exact) mass is 252 g/mol. The molecule has 1 atom stereocenters. The Morgan fingerprint density at radius 3 is 2.38 bits per heavy atom. The van der Waals surface area contributed by atoms with Gasteiger partial charge in [0, 0.05) is 5.56 Å². The van der Waals surface area contributed by atoms with Crippen molar-refractivity contribution in [3.8, 4) is 0 Å². The third-order valence-electron chi connectivity index (χ3n) is 1.88. The van der Waals surface area contributed by atoms with Crippen molar-refractivity contribution in [3.05, 3.63) is 29.1 Å². The molecule has 0 aromatic heterocycles. The zero-order valence-corrected chi connectivity index (χ0v) is 8.82. The molecule has 0 bridgehead atoms. The Hall–Kier alpha value is -1.21. The van der Waals surface area contributed by atoms with Crippen LogP contribution in [0.3, 0.4) is 0 Å². The van der Waals surface area contributed by atoms with Crippen molar-refractivity contribution in [2.75, 3.05) is 6.26 Å². The lowest BCUT2D eigenvalue weighted by Crippen LogP contribution is -2.14. The first-order valence-electron chi connectivity index (χ1n) is 4.02. The SMILES string of the molecule is CSc1c(F)cc(C(O)C(=O)O)c(F)c1F. The number of aliphatic hydroxyl groups excluding tert-OH is 1. The molecule has 1 unspecified atom stereocenters. The van der Waals surface area contributed by atoms with Crippen LogP contribution in [0.15, 0.2) is 11.0 Å². The van der Waals surface area contributed by atoms with Crippen molar-refractivity contribution in [1.82, 2.24) is 0 Å². The topological polar surface area (TPSA) is 57.5 Å². The van der Waals surface area contributed by atoms with Crippen molar-refractivity contribution in [1.29, 1.82) is 0 Å². The average Bonchev–Trinajstić information content (AvgIpc) is 2.23. The van der Waals surface area contributed by atoms with E-state index < -0.39 is 40.0 Å². The van der Waals surface area contributed by atoms with E-state index in [-0.39, 0.29) is 0 Å². The number of halogens is 3. The summed E-state index contributed by atoms with van der Waals surface area (Å²) in [5, 5.41) is 17.4. The summed E-state index contributed by atoms with van der Waals surface area (Å²) >= 11 is 0.646. The van der Waals surface area contributed by atoms with Crippen molar-refractivity contribution in [2.45, 2.75) is 11.0 Å². The molecule has 0 aliphatic heterocycles. The lowest BCUT2D eigenvalue weighted by molar-refractivity contribution is -0.147. The minimum atomic E-state index is -2.29. The first-order chi connectivity index (χ1) is 7.40. The van der Waals surface area contributed by atoms with Gasteiger partial charge in [-0.3, -0.25) is 0 Å². The molecule has 16 heavy (non-hydrogen) atoms. The number of carbonyl (C=O) groups is 1. The molecule has 0 fully saturated rings. The second-order valence-corrected chi connectivity index (χ2v) is 3.67. The minimum absolute atomic E-state index is 0.475. The fraction of sp³-hybridized carbons (Fsp3) is 0.222. The molecule has 0 aliphatic rings. The zero-order chi connectivity index (χ0) is 12.5. The molecule has 0 amide bonds. The van der Waals surface area contributed by atoms with Gasteiger partial charge >= 0.3 is 5.97 Å². The van der Waals surface area contributed by atoms with E-state index in [0.717, 1.165) is 0 Å². The molecule has 1 aromatic rings. The molecule has 0 saturated heterocycles. The van der Waals surface area contributed by atoms with E-state index in [0.29, 0.717) is 17.8 Å². The maximum Gasteiger partial charge on any atom is 0.337 e. The second kappa shape index (κ2) is 4.75. The highest BCUT2D eigenvalue weighted by Gasteiger charge is 2.26. The summed E-state index contributed by atoms with van der Waals surface area (Å²) < 4.78 is 39.7. The van der Waals surface area contributed by atoms with Gasteiger partial charge in [-0.15, -0.1) is 11.8 Å². The second-order valence-electron chi connectivity index (χ2n) is 2.85. The van der Waals surface area contributed by atoms with Crippen LogP contribution in [0.25, 0.3) is 0 Å². The number of hydrogen-bond donors (Lipinski definition) is 2. The Bertz CT molecular complexity index is 436. The predicted molar refractivity (Wildman–Crippen MR) is 50.7 cm³/mol. The van der Waals surface area contributed by atoms with Crippen LogP contribution in [-0.2, 0) is 4.79 Å². The van der Waals surface area contributed by atoms with Crippen LogP contribution in [0.2, 0.25) is 0 Å². The Balaban J connectivity index is 3.39. The van der Waals surface area contributed by atoms with E-state index in [2.05, 4.69) is 0 Å². The van der Waals surface area contributed by atoms with Gasteiger partial charge in [-0.2, -0.15) is 0 Å². The first-order valence-corrected chi connectivity index (χ1v) is 5.24. The van der Waals surface area contributed by atoms with Crippen LogP contribution in [-0.4, -0.2) is 22.4 Å². The van der Waals surface area contributed by atoms with E-state index in [1.807, 2.05) is 0 Å². The third-order valence-corrected chi connectivity index (χ3v) is 2.66. The fourth-order valence-electron chi connectivity index (χ4n) is 1.12. The molecular formula is C9H7F3O3S. The van der Waals surface area contributed by atoms with Gasteiger partial charge in [-0.1, -0.05) is 0 Å². The summed E-state index contributed by atoms with van der Waals surface area (Å²) in [7, 11) is 0. The van der Waals surface area contributed by atoms with Gasteiger partial charge in [0.1, 0.15) is 5.82 Å². The maximum atomic E-state index is 13.3. The zero-order valence-electron chi connectivity index (χ0n) is 8.00. The van der Waals surface area contributed by atoms with Gasteiger partial charge in [0.25, 0.3) is 0 Å². The maximum absolute atomic E-state index is 13.3. The molecule has 0 spiro atoms. The van der Waals surface area contributed by atoms with Gasteiger partial charge in [0.2, 0.25) is 0 Å². The van der Waals surface area contributed by atoms with E-state index in [1.54, 1.807) is 0 Å². The standard InChI is InChI=1S/C9H7F3O3S/c1-16-8-4(10)2-3(5(11)6(8)12)7(13)9(14)15/h2,7,13H,1H3,(H,14,15). The van der Waals surface area contributed by atoms with Crippen LogP contribution in [0, 0.1) is 17.5 Å². The first kappa shape index (κ1) is 12.9. The van der Waals surface area contributed by atoms with Gasteiger partial charge in [0.05, 0.1) is 4.90 Å². The fourth-order valence-corrected chi connectivity index (χ4v) is 1.64. The van der Waals surface area contributed by atoms with Crippen molar-refractivity contribution >= 4 is 17.7 Å². The van der Waals surface area contributed by atoms with Crippen molar-refractivity contribution < 1.29 is 28.2 Å². The van der Waals surface area contributed by atoms with Crippen LogP contribution in [0.4, 0.5) is 13.2 Å². The number of rotatable bonds is 3. The Morgan fingerprint density at radius 2 is 1.94 bits per heavy atom. The molecule has 0 saturated carbocycles. The van der Waals surface area contributed by atoms with Gasteiger partial charge in [0.15, 0.2) is 17.7 Å². The largest absolute Gasteiger partial charge is 0.479 e. The molecule has 7 heteroatoms. The summed E-state index contributed by atoms with van der Waals surface area (Å²) in [5.74, 6) is -5.94. The lowest BCUT2D eigenvalue weighted by atomic mass is 10.1. The minimum Gasteiger partial charge on any atom is -0.479 e. The molecule has 88 valence electrons. The number of thioether (sulfide) groups is 1. The summed E-state index contributed by atoms with van der Waals surface area (Å²) in [4.78, 5) is 9.81. The molecule has 0 radical (unpaired) electrons. The van der Waals surface area contributed by atoms with Crippen molar-refractivity contribution in [2.24, 2.45) is 0 Å². The predicted octanol–water partition coefficient (Wildman–Crippen LogP) is 1.94. The molecule has 1 rings (SSSR count). The molecule has 0 heterocycles. The Morgan fingerprint density at radius 1 is 1.38 bits per heavy atom. The highest BCUT2D eigenvalue weighted by molar-refractivity contribution is 7.98. The van der Waals surface area contributed by atoms with E-state index in [1.165, 1.54) is 6.26 Å². The van der Waals surface area contributed by atoms with Gasteiger partial charge in [-0.25, -0.2) is 18.0 Å².